The smallest absolute Gasteiger partial charge is 0.350 e. The van der Waals surface area contributed by atoms with Crippen molar-refractivity contribution in [3.63, 3.8) is 0 Å². The van der Waals surface area contributed by atoms with Gasteiger partial charge in [0.2, 0.25) is 10.0 Å². The molecule has 1 aromatic rings. The van der Waals surface area contributed by atoms with Gasteiger partial charge in [0.1, 0.15) is 5.82 Å². The van der Waals surface area contributed by atoms with E-state index in [4.69, 9.17) is 5.73 Å². The highest BCUT2D eigenvalue weighted by Crippen LogP contribution is 2.34. The van der Waals surface area contributed by atoms with Crippen molar-refractivity contribution in [2.24, 2.45) is 0 Å². The highest BCUT2D eigenvalue weighted by Gasteiger charge is 2.27. The van der Waals surface area contributed by atoms with Crippen molar-refractivity contribution < 1.29 is 8.42 Å². The third-order valence-electron chi connectivity index (χ3n) is 4.52. The van der Waals surface area contributed by atoms with Crippen molar-refractivity contribution in [2.45, 2.75) is 49.1 Å². The normalized spacial score (nSPS) is 21.2. The van der Waals surface area contributed by atoms with E-state index in [-0.39, 0.29) is 28.7 Å². The fourth-order valence-electron chi connectivity index (χ4n) is 3.16. The number of anilines is 1. The van der Waals surface area contributed by atoms with Crippen LogP contribution in [-0.2, 0) is 10.0 Å². The summed E-state index contributed by atoms with van der Waals surface area (Å²) in [7, 11) is -3.31. The number of aromatic nitrogens is 2. The molecule has 0 aromatic carbocycles. The van der Waals surface area contributed by atoms with Crippen molar-refractivity contribution in [3.05, 3.63) is 22.2 Å². The Morgan fingerprint density at radius 2 is 2.08 bits per heavy atom. The zero-order valence-corrected chi connectivity index (χ0v) is 15.5. The summed E-state index contributed by atoms with van der Waals surface area (Å²) in [6.07, 6.45) is 6.96. The summed E-state index contributed by atoms with van der Waals surface area (Å²) in [5.41, 5.74) is 5.86. The van der Waals surface area contributed by atoms with Crippen LogP contribution >= 0.6 is 11.8 Å². The second-order valence-electron chi connectivity index (χ2n) is 6.27. The minimum absolute atomic E-state index is 0.0234. The van der Waals surface area contributed by atoms with Gasteiger partial charge in [0.15, 0.2) is 0 Å². The molecule has 0 amide bonds. The summed E-state index contributed by atoms with van der Waals surface area (Å²) in [6, 6.07) is 0. The van der Waals surface area contributed by atoms with Crippen LogP contribution in [0.25, 0.3) is 0 Å². The van der Waals surface area contributed by atoms with Gasteiger partial charge in [-0.05, 0) is 31.4 Å². The number of rotatable bonds is 4. The zero-order chi connectivity index (χ0) is 17.9. The molecule has 9 heteroatoms. The Hall–Kier alpha value is -1.50. The predicted molar refractivity (Wildman–Crippen MR) is 99.7 cm³/mol. The molecule has 3 rings (SSSR count). The fourth-order valence-corrected chi connectivity index (χ4v) is 5.87. The SMILES string of the molecule is Nc1nc(=O)n([C@H]2CCCS2)cc1C#CCNS(=O)(=O)C1CCCC1. The number of hydrogen-bond donors (Lipinski definition) is 2. The Kier molecular flexibility index (Phi) is 5.71. The summed E-state index contributed by atoms with van der Waals surface area (Å²) in [5, 5.41) is -0.232. The molecule has 1 aliphatic heterocycles. The van der Waals surface area contributed by atoms with Gasteiger partial charge in [-0.25, -0.2) is 17.9 Å². The summed E-state index contributed by atoms with van der Waals surface area (Å²) < 4.78 is 28.3. The van der Waals surface area contributed by atoms with E-state index in [0.29, 0.717) is 18.4 Å². The molecule has 1 saturated carbocycles. The van der Waals surface area contributed by atoms with E-state index in [1.807, 2.05) is 0 Å². The average Bonchev–Trinajstić information content (AvgIpc) is 3.26. The Balaban J connectivity index is 1.69. The molecular formula is C16H22N4O3S2. The molecule has 0 radical (unpaired) electrons. The first-order valence-corrected chi connectivity index (χ1v) is 11.0. The molecule has 25 heavy (non-hydrogen) atoms. The zero-order valence-electron chi connectivity index (χ0n) is 13.9. The van der Waals surface area contributed by atoms with Crippen molar-refractivity contribution in [1.29, 1.82) is 0 Å². The number of sulfonamides is 1. The van der Waals surface area contributed by atoms with Gasteiger partial charge in [0, 0.05) is 6.20 Å². The lowest BCUT2D eigenvalue weighted by atomic mass is 10.3. The van der Waals surface area contributed by atoms with E-state index in [1.54, 1.807) is 22.5 Å². The Morgan fingerprint density at radius 3 is 2.76 bits per heavy atom. The number of nitrogens with two attached hydrogens (primary N) is 1. The van der Waals surface area contributed by atoms with E-state index in [9.17, 15) is 13.2 Å². The van der Waals surface area contributed by atoms with Crippen LogP contribution in [0, 0.1) is 11.8 Å². The number of nitrogens with zero attached hydrogens (tertiary/aromatic N) is 2. The van der Waals surface area contributed by atoms with Crippen molar-refractivity contribution in [1.82, 2.24) is 14.3 Å². The summed E-state index contributed by atoms with van der Waals surface area (Å²) in [4.78, 5) is 15.8. The summed E-state index contributed by atoms with van der Waals surface area (Å²) in [5.74, 6) is 6.71. The molecule has 0 bridgehead atoms. The van der Waals surface area contributed by atoms with Crippen LogP contribution in [0.2, 0.25) is 0 Å². The fraction of sp³-hybridized carbons (Fsp3) is 0.625. The average molecular weight is 383 g/mol. The van der Waals surface area contributed by atoms with Gasteiger partial charge in [0.05, 0.1) is 22.7 Å². The molecule has 1 aromatic heterocycles. The van der Waals surface area contributed by atoms with E-state index in [0.717, 1.165) is 31.4 Å². The predicted octanol–water partition coefficient (Wildman–Crippen LogP) is 1.06. The minimum Gasteiger partial charge on any atom is -0.382 e. The van der Waals surface area contributed by atoms with Crippen molar-refractivity contribution >= 4 is 27.6 Å². The molecule has 7 nitrogen and oxygen atoms in total. The van der Waals surface area contributed by atoms with Gasteiger partial charge in [-0.15, -0.1) is 11.8 Å². The Morgan fingerprint density at radius 1 is 1.32 bits per heavy atom. The Bertz CT molecular complexity index is 842. The van der Waals surface area contributed by atoms with Crippen LogP contribution in [0.3, 0.4) is 0 Å². The lowest BCUT2D eigenvalue weighted by molar-refractivity contribution is 0.569. The number of nitrogen functional groups attached to an aromatic ring is 1. The molecule has 2 aliphatic rings. The lowest BCUT2D eigenvalue weighted by Gasteiger charge is -2.12. The van der Waals surface area contributed by atoms with Crippen LogP contribution in [-0.4, -0.2) is 35.5 Å². The monoisotopic (exact) mass is 382 g/mol. The molecule has 0 unspecified atom stereocenters. The van der Waals surface area contributed by atoms with Crippen LogP contribution in [0.5, 0.6) is 0 Å². The minimum atomic E-state index is -3.31. The van der Waals surface area contributed by atoms with Gasteiger partial charge in [0.25, 0.3) is 0 Å². The molecule has 3 N–H and O–H groups in total. The van der Waals surface area contributed by atoms with Crippen LogP contribution in [0.4, 0.5) is 5.82 Å². The number of thioether (sulfide) groups is 1. The van der Waals surface area contributed by atoms with Gasteiger partial charge in [-0.1, -0.05) is 24.7 Å². The van der Waals surface area contributed by atoms with Gasteiger partial charge in [-0.2, -0.15) is 4.98 Å². The van der Waals surface area contributed by atoms with Gasteiger partial charge < -0.3 is 5.73 Å². The molecule has 2 fully saturated rings. The van der Waals surface area contributed by atoms with E-state index < -0.39 is 10.0 Å². The maximum atomic E-state index is 12.1. The van der Waals surface area contributed by atoms with Crippen LogP contribution in [0.1, 0.15) is 49.5 Å². The molecule has 1 atom stereocenters. The summed E-state index contributed by atoms with van der Waals surface area (Å²) >= 11 is 1.71. The first-order chi connectivity index (χ1) is 12.0. The largest absolute Gasteiger partial charge is 0.382 e. The maximum Gasteiger partial charge on any atom is 0.350 e. The van der Waals surface area contributed by atoms with Crippen molar-refractivity contribution in [3.8, 4) is 11.8 Å². The third-order valence-corrected chi connectivity index (χ3v) is 7.79. The number of hydrogen-bond acceptors (Lipinski definition) is 6. The van der Waals surface area contributed by atoms with E-state index in [1.165, 1.54) is 0 Å². The molecule has 0 spiro atoms. The highest BCUT2D eigenvalue weighted by molar-refractivity contribution is 7.99. The molecule has 1 saturated heterocycles. The Labute approximate surface area is 151 Å². The quantitative estimate of drug-likeness (QED) is 0.754. The maximum absolute atomic E-state index is 12.1. The lowest BCUT2D eigenvalue weighted by Crippen LogP contribution is -2.32. The molecule has 1 aliphatic carbocycles. The van der Waals surface area contributed by atoms with E-state index >= 15 is 0 Å². The topological polar surface area (TPSA) is 107 Å². The molecule has 2 heterocycles. The van der Waals surface area contributed by atoms with Crippen LogP contribution < -0.4 is 16.1 Å². The van der Waals surface area contributed by atoms with Gasteiger partial charge >= 0.3 is 5.69 Å². The standard InChI is InChI=1S/C16H22N4O3S2/c17-15-12(11-20(16(21)19-15)14-8-4-10-24-14)5-3-9-18-25(22,23)13-6-1-2-7-13/h11,13-14,18H,1-2,4,6-10H2,(H2,17,19,21)/t14-/m1/s1. The second-order valence-corrected chi connectivity index (χ2v) is 9.60. The summed E-state index contributed by atoms with van der Waals surface area (Å²) in [6.45, 7) is 0.0234. The molecular weight excluding hydrogens is 360 g/mol. The third kappa shape index (κ3) is 4.37. The van der Waals surface area contributed by atoms with Crippen LogP contribution in [0.15, 0.2) is 11.0 Å². The second kappa shape index (κ2) is 7.81. The highest BCUT2D eigenvalue weighted by atomic mass is 32.2. The first kappa shape index (κ1) is 18.3. The van der Waals surface area contributed by atoms with Crippen molar-refractivity contribution in [2.75, 3.05) is 18.0 Å². The number of nitrogens with one attached hydrogen (secondary N) is 1. The molecule has 136 valence electrons. The van der Waals surface area contributed by atoms with E-state index in [2.05, 4.69) is 21.5 Å². The van der Waals surface area contributed by atoms with Gasteiger partial charge in [-0.3, -0.25) is 4.57 Å². The first-order valence-electron chi connectivity index (χ1n) is 8.45.